The third-order valence-electron chi connectivity index (χ3n) is 4.61. The lowest BCUT2D eigenvalue weighted by Gasteiger charge is -2.28. The van der Waals surface area contributed by atoms with Crippen molar-refractivity contribution in [3.8, 4) is 12.3 Å². The van der Waals surface area contributed by atoms with Crippen molar-refractivity contribution in [1.29, 1.82) is 0 Å². The summed E-state index contributed by atoms with van der Waals surface area (Å²) in [5.74, 6) is 1.69. The van der Waals surface area contributed by atoms with Gasteiger partial charge in [0, 0.05) is 18.3 Å². The molecule has 1 atom stereocenters. The molecule has 0 spiro atoms. The Balaban J connectivity index is 2.23. The first kappa shape index (κ1) is 24.5. The largest absolute Gasteiger partial charge is 0.444 e. The number of hydrogen-bond donors (Lipinski definition) is 2. The fourth-order valence-corrected chi connectivity index (χ4v) is 2.96. The molecule has 0 fully saturated rings. The minimum Gasteiger partial charge on any atom is -0.444 e. The van der Waals surface area contributed by atoms with E-state index in [9.17, 15) is 14.4 Å². The maximum absolute atomic E-state index is 13.2. The summed E-state index contributed by atoms with van der Waals surface area (Å²) in [5, 5.41) is 5.32. The van der Waals surface area contributed by atoms with E-state index in [0.29, 0.717) is 16.8 Å². The van der Waals surface area contributed by atoms with Crippen LogP contribution in [0.4, 0.5) is 10.5 Å². The Morgan fingerprint density at radius 2 is 1.72 bits per heavy atom. The van der Waals surface area contributed by atoms with Gasteiger partial charge >= 0.3 is 6.09 Å². The van der Waals surface area contributed by atoms with E-state index in [1.807, 2.05) is 25.1 Å². The van der Waals surface area contributed by atoms with Gasteiger partial charge in [0.25, 0.3) is 5.91 Å². The molecule has 0 aliphatic carbocycles. The summed E-state index contributed by atoms with van der Waals surface area (Å²) in [7, 11) is 1.51. The molecule has 7 nitrogen and oxygen atoms in total. The number of hydrogen-bond acceptors (Lipinski definition) is 4. The van der Waals surface area contributed by atoms with Crippen LogP contribution in [0.25, 0.3) is 0 Å². The highest BCUT2D eigenvalue weighted by molar-refractivity contribution is 5.98. The molecule has 32 heavy (non-hydrogen) atoms. The van der Waals surface area contributed by atoms with E-state index in [1.165, 1.54) is 11.9 Å². The average molecular weight is 436 g/mol. The number of benzene rings is 2. The lowest BCUT2D eigenvalue weighted by molar-refractivity contribution is -0.136. The standard InChI is InChI=1S/C25H29N3O4/c1-7-18-12-14-19(15-13-18)22(23(30)27-20-11-9-8-10-17(20)2)28(6)21(29)16-26-24(31)32-25(3,4)5/h1,8-15,22H,16H2,2-6H3,(H,26,31)(H,27,30). The molecule has 2 rings (SSSR count). The predicted octanol–water partition coefficient (Wildman–Crippen LogP) is 3.64. The molecule has 1 unspecified atom stereocenters. The van der Waals surface area contributed by atoms with Crippen molar-refractivity contribution in [1.82, 2.24) is 10.2 Å². The van der Waals surface area contributed by atoms with E-state index >= 15 is 0 Å². The summed E-state index contributed by atoms with van der Waals surface area (Å²) in [6.45, 7) is 6.75. The van der Waals surface area contributed by atoms with Crippen molar-refractivity contribution in [3.05, 3.63) is 65.2 Å². The predicted molar refractivity (Wildman–Crippen MR) is 124 cm³/mol. The van der Waals surface area contributed by atoms with Gasteiger partial charge in [0.05, 0.1) is 0 Å². The monoisotopic (exact) mass is 435 g/mol. The summed E-state index contributed by atoms with van der Waals surface area (Å²) in [6.07, 6.45) is 4.72. The molecule has 7 heteroatoms. The minimum absolute atomic E-state index is 0.317. The number of anilines is 1. The molecule has 0 aliphatic rings. The number of amides is 3. The maximum atomic E-state index is 13.2. The molecule has 0 saturated carbocycles. The molecular formula is C25H29N3O4. The summed E-state index contributed by atoms with van der Waals surface area (Å²) < 4.78 is 5.16. The number of terminal acetylenes is 1. The van der Waals surface area contributed by atoms with Crippen molar-refractivity contribution < 1.29 is 19.1 Å². The first-order chi connectivity index (χ1) is 15.0. The zero-order chi connectivity index (χ0) is 23.9. The average Bonchev–Trinajstić information content (AvgIpc) is 2.73. The van der Waals surface area contributed by atoms with Crippen LogP contribution >= 0.6 is 0 Å². The van der Waals surface area contributed by atoms with Crippen molar-refractivity contribution in [2.75, 3.05) is 18.9 Å². The van der Waals surface area contributed by atoms with Crippen LogP contribution in [0.2, 0.25) is 0 Å². The van der Waals surface area contributed by atoms with Crippen LogP contribution in [0, 0.1) is 19.3 Å². The number of likely N-dealkylation sites (N-methyl/N-ethyl adjacent to an activating group) is 1. The Labute approximate surface area is 189 Å². The van der Waals surface area contributed by atoms with Gasteiger partial charge < -0.3 is 20.3 Å². The third kappa shape index (κ3) is 6.88. The molecule has 0 saturated heterocycles. The molecule has 0 radical (unpaired) electrons. The SMILES string of the molecule is C#Cc1ccc(C(C(=O)Nc2ccccc2C)N(C)C(=O)CNC(=O)OC(C)(C)C)cc1. The molecule has 0 aromatic heterocycles. The van der Waals surface area contributed by atoms with Crippen LogP contribution in [-0.4, -0.2) is 42.0 Å². The van der Waals surface area contributed by atoms with Crippen LogP contribution in [0.3, 0.4) is 0 Å². The highest BCUT2D eigenvalue weighted by Gasteiger charge is 2.29. The quantitative estimate of drug-likeness (QED) is 0.678. The Bertz CT molecular complexity index is 1020. The van der Waals surface area contributed by atoms with Gasteiger partial charge in [-0.05, 0) is 57.0 Å². The summed E-state index contributed by atoms with van der Waals surface area (Å²) in [6, 6.07) is 13.3. The van der Waals surface area contributed by atoms with Gasteiger partial charge in [-0.1, -0.05) is 36.3 Å². The number of nitrogens with one attached hydrogen (secondary N) is 2. The highest BCUT2D eigenvalue weighted by Crippen LogP contribution is 2.24. The fourth-order valence-electron chi connectivity index (χ4n) is 2.96. The summed E-state index contributed by atoms with van der Waals surface area (Å²) >= 11 is 0. The Kier molecular flexibility index (Phi) is 8.03. The van der Waals surface area contributed by atoms with Crippen molar-refractivity contribution >= 4 is 23.6 Å². The number of carbonyl (C=O) groups excluding carboxylic acids is 3. The van der Waals surface area contributed by atoms with Gasteiger partial charge in [-0.15, -0.1) is 6.42 Å². The van der Waals surface area contributed by atoms with E-state index in [-0.39, 0.29) is 12.5 Å². The van der Waals surface area contributed by atoms with Crippen molar-refractivity contribution in [2.45, 2.75) is 39.3 Å². The van der Waals surface area contributed by atoms with E-state index in [4.69, 9.17) is 11.2 Å². The first-order valence-corrected chi connectivity index (χ1v) is 10.2. The zero-order valence-electron chi connectivity index (χ0n) is 19.1. The van der Waals surface area contributed by atoms with Gasteiger partial charge in [-0.3, -0.25) is 9.59 Å². The molecular weight excluding hydrogens is 406 g/mol. The smallest absolute Gasteiger partial charge is 0.408 e. The number of ether oxygens (including phenoxy) is 1. The molecule has 2 aromatic carbocycles. The van der Waals surface area contributed by atoms with E-state index < -0.39 is 23.6 Å². The first-order valence-electron chi connectivity index (χ1n) is 10.2. The molecule has 0 heterocycles. The van der Waals surface area contributed by atoms with Crippen LogP contribution in [-0.2, 0) is 14.3 Å². The number of rotatable bonds is 6. The second-order valence-corrected chi connectivity index (χ2v) is 8.33. The Morgan fingerprint density at radius 1 is 1.09 bits per heavy atom. The molecule has 0 bridgehead atoms. The molecule has 2 N–H and O–H groups in total. The normalized spacial score (nSPS) is 11.6. The number of para-hydroxylation sites is 1. The maximum Gasteiger partial charge on any atom is 0.408 e. The van der Waals surface area contributed by atoms with Crippen molar-refractivity contribution in [2.24, 2.45) is 0 Å². The summed E-state index contributed by atoms with van der Waals surface area (Å²) in [5.41, 5.74) is 2.10. The minimum atomic E-state index is -0.936. The number of nitrogens with zero attached hydrogens (tertiary/aromatic N) is 1. The molecule has 2 aromatic rings. The Morgan fingerprint density at radius 3 is 2.28 bits per heavy atom. The summed E-state index contributed by atoms with van der Waals surface area (Å²) in [4.78, 5) is 39.2. The van der Waals surface area contributed by atoms with Gasteiger partial charge in [0.2, 0.25) is 5.91 Å². The van der Waals surface area contributed by atoms with E-state index in [1.54, 1.807) is 51.1 Å². The van der Waals surface area contributed by atoms with Gasteiger partial charge in [0.15, 0.2) is 0 Å². The van der Waals surface area contributed by atoms with Gasteiger partial charge in [-0.25, -0.2) is 4.79 Å². The number of aryl methyl sites for hydroxylation is 1. The van der Waals surface area contributed by atoms with Crippen molar-refractivity contribution in [3.63, 3.8) is 0 Å². The van der Waals surface area contributed by atoms with E-state index in [0.717, 1.165) is 5.56 Å². The second-order valence-electron chi connectivity index (χ2n) is 8.33. The number of alkyl carbamates (subject to hydrolysis) is 1. The molecule has 3 amide bonds. The molecule has 0 aliphatic heterocycles. The van der Waals surface area contributed by atoms with Crippen LogP contribution in [0.15, 0.2) is 48.5 Å². The zero-order valence-corrected chi connectivity index (χ0v) is 19.1. The lowest BCUT2D eigenvalue weighted by atomic mass is 10.0. The van der Waals surface area contributed by atoms with Gasteiger partial charge in [-0.2, -0.15) is 0 Å². The van der Waals surface area contributed by atoms with Crippen LogP contribution in [0.5, 0.6) is 0 Å². The second kappa shape index (κ2) is 10.5. The Hall–Kier alpha value is -3.79. The third-order valence-corrected chi connectivity index (χ3v) is 4.61. The number of carbonyl (C=O) groups is 3. The topological polar surface area (TPSA) is 87.7 Å². The van der Waals surface area contributed by atoms with E-state index in [2.05, 4.69) is 16.6 Å². The lowest BCUT2D eigenvalue weighted by Crippen LogP contribution is -2.44. The highest BCUT2D eigenvalue weighted by atomic mass is 16.6. The van der Waals surface area contributed by atoms with Gasteiger partial charge in [0.1, 0.15) is 18.2 Å². The fraction of sp³-hybridized carbons (Fsp3) is 0.320. The van der Waals surface area contributed by atoms with Crippen LogP contribution < -0.4 is 10.6 Å². The van der Waals surface area contributed by atoms with Crippen LogP contribution in [0.1, 0.15) is 43.5 Å². The molecule has 168 valence electrons.